The number of hydrogen-bond donors (Lipinski definition) is 2. The molecule has 0 aromatic rings. The maximum atomic E-state index is 4.28. The summed E-state index contributed by atoms with van der Waals surface area (Å²) < 4.78 is 0. The van der Waals surface area contributed by atoms with Crippen LogP contribution in [0.3, 0.4) is 0 Å². The van der Waals surface area contributed by atoms with Gasteiger partial charge in [-0.3, -0.25) is 4.99 Å². The average molecular weight is 239 g/mol. The molecule has 100 valence electrons. The molecular weight excluding hydrogens is 210 g/mol. The fourth-order valence-electron chi connectivity index (χ4n) is 1.82. The predicted octanol–water partition coefficient (Wildman–Crippen LogP) is 2.77. The van der Waals surface area contributed by atoms with Gasteiger partial charge in [-0.15, -0.1) is 0 Å². The highest BCUT2D eigenvalue weighted by molar-refractivity contribution is 5.80. The van der Waals surface area contributed by atoms with Crippen LogP contribution in [0.25, 0.3) is 0 Å². The molecule has 3 unspecified atom stereocenters. The van der Waals surface area contributed by atoms with Crippen molar-refractivity contribution in [3.63, 3.8) is 0 Å². The third-order valence-corrected chi connectivity index (χ3v) is 3.37. The van der Waals surface area contributed by atoms with Crippen molar-refractivity contribution in [2.75, 3.05) is 7.05 Å². The summed E-state index contributed by atoms with van der Waals surface area (Å²) in [6.07, 6.45) is 3.69. The van der Waals surface area contributed by atoms with Crippen LogP contribution >= 0.6 is 0 Å². The molecule has 0 bridgehead atoms. The Morgan fingerprint density at radius 2 is 2.00 bits per heavy atom. The maximum absolute atomic E-state index is 4.28. The molecule has 1 aliphatic carbocycles. The first-order valence-electron chi connectivity index (χ1n) is 6.81. The van der Waals surface area contributed by atoms with Crippen molar-refractivity contribution in [1.82, 2.24) is 10.6 Å². The van der Waals surface area contributed by atoms with Gasteiger partial charge in [0.25, 0.3) is 0 Å². The summed E-state index contributed by atoms with van der Waals surface area (Å²) in [4.78, 5) is 4.28. The molecule has 0 aromatic carbocycles. The second-order valence-electron chi connectivity index (χ2n) is 6.68. The van der Waals surface area contributed by atoms with E-state index in [2.05, 4.69) is 50.2 Å². The van der Waals surface area contributed by atoms with Crippen molar-refractivity contribution in [1.29, 1.82) is 0 Å². The van der Waals surface area contributed by atoms with Crippen molar-refractivity contribution in [3.8, 4) is 0 Å². The van der Waals surface area contributed by atoms with Gasteiger partial charge in [0.2, 0.25) is 0 Å². The fourth-order valence-corrected chi connectivity index (χ4v) is 1.82. The van der Waals surface area contributed by atoms with Gasteiger partial charge in [0, 0.05) is 19.1 Å². The van der Waals surface area contributed by atoms with Crippen LogP contribution < -0.4 is 10.6 Å². The van der Waals surface area contributed by atoms with Crippen LogP contribution in [0.5, 0.6) is 0 Å². The number of nitrogens with zero attached hydrogens (tertiary/aromatic N) is 1. The molecule has 1 aliphatic rings. The van der Waals surface area contributed by atoms with Gasteiger partial charge in [-0.1, -0.05) is 27.7 Å². The maximum Gasteiger partial charge on any atom is 0.191 e. The molecule has 0 amide bonds. The van der Waals surface area contributed by atoms with Gasteiger partial charge in [-0.2, -0.15) is 0 Å². The van der Waals surface area contributed by atoms with Gasteiger partial charge in [-0.25, -0.2) is 0 Å². The normalized spacial score (nSPS) is 26.6. The van der Waals surface area contributed by atoms with Crippen LogP contribution in [-0.4, -0.2) is 25.1 Å². The Morgan fingerprint density at radius 1 is 1.41 bits per heavy atom. The summed E-state index contributed by atoms with van der Waals surface area (Å²) in [6.45, 7) is 11.4. The SMILES string of the molecule is CN=C(NC(C)CCC(C)(C)C)NC1CC1C. The van der Waals surface area contributed by atoms with Gasteiger partial charge < -0.3 is 10.6 Å². The van der Waals surface area contributed by atoms with E-state index in [0.29, 0.717) is 17.5 Å². The van der Waals surface area contributed by atoms with Crippen LogP contribution in [0.4, 0.5) is 0 Å². The number of hydrogen-bond acceptors (Lipinski definition) is 1. The molecule has 0 radical (unpaired) electrons. The molecule has 1 rings (SSSR count). The van der Waals surface area contributed by atoms with Gasteiger partial charge in [0.1, 0.15) is 0 Å². The average Bonchev–Trinajstić information content (AvgIpc) is 2.89. The molecule has 1 fully saturated rings. The highest BCUT2D eigenvalue weighted by Gasteiger charge is 2.33. The predicted molar refractivity (Wildman–Crippen MR) is 75.4 cm³/mol. The van der Waals surface area contributed by atoms with Crippen LogP contribution in [0, 0.1) is 11.3 Å². The van der Waals surface area contributed by atoms with Crippen molar-refractivity contribution >= 4 is 5.96 Å². The minimum absolute atomic E-state index is 0.415. The molecule has 2 N–H and O–H groups in total. The molecule has 3 heteroatoms. The minimum atomic E-state index is 0.415. The van der Waals surface area contributed by atoms with Gasteiger partial charge >= 0.3 is 0 Å². The number of rotatable bonds is 4. The second kappa shape index (κ2) is 5.74. The summed E-state index contributed by atoms with van der Waals surface area (Å²) in [7, 11) is 1.85. The summed E-state index contributed by atoms with van der Waals surface area (Å²) in [6, 6.07) is 1.12. The highest BCUT2D eigenvalue weighted by Crippen LogP contribution is 2.28. The highest BCUT2D eigenvalue weighted by atomic mass is 15.2. The van der Waals surface area contributed by atoms with Crippen molar-refractivity contribution in [2.45, 2.75) is 66.0 Å². The van der Waals surface area contributed by atoms with Gasteiger partial charge in [0.05, 0.1) is 0 Å². The monoisotopic (exact) mass is 239 g/mol. The van der Waals surface area contributed by atoms with Crippen molar-refractivity contribution in [3.05, 3.63) is 0 Å². The Labute approximate surface area is 106 Å². The fraction of sp³-hybridized carbons (Fsp3) is 0.929. The third kappa shape index (κ3) is 5.94. The van der Waals surface area contributed by atoms with Crippen LogP contribution in [0.1, 0.15) is 53.9 Å². The molecular formula is C14H29N3. The Hall–Kier alpha value is -0.730. The molecule has 0 aromatic heterocycles. The van der Waals surface area contributed by atoms with E-state index in [1.54, 1.807) is 0 Å². The molecule has 0 aliphatic heterocycles. The summed E-state index contributed by atoms with van der Waals surface area (Å²) in [5, 5.41) is 6.93. The summed E-state index contributed by atoms with van der Waals surface area (Å²) >= 11 is 0. The Balaban J connectivity index is 2.25. The molecule has 3 atom stereocenters. The second-order valence-corrected chi connectivity index (χ2v) is 6.68. The zero-order valence-electron chi connectivity index (χ0n) is 12.3. The first-order chi connectivity index (χ1) is 7.81. The smallest absolute Gasteiger partial charge is 0.191 e. The Kier molecular flexibility index (Phi) is 4.84. The van der Waals surface area contributed by atoms with Crippen LogP contribution in [0.15, 0.2) is 4.99 Å². The molecule has 0 saturated heterocycles. The largest absolute Gasteiger partial charge is 0.354 e. The molecule has 0 spiro atoms. The lowest BCUT2D eigenvalue weighted by atomic mass is 9.89. The Bertz CT molecular complexity index is 265. The molecule has 0 heterocycles. The van der Waals surface area contributed by atoms with E-state index >= 15 is 0 Å². The molecule has 17 heavy (non-hydrogen) atoms. The zero-order chi connectivity index (χ0) is 13.1. The van der Waals surface area contributed by atoms with Gasteiger partial charge in [0.15, 0.2) is 5.96 Å². The Morgan fingerprint density at radius 3 is 2.41 bits per heavy atom. The number of guanidine groups is 1. The van der Waals surface area contributed by atoms with Crippen LogP contribution in [0.2, 0.25) is 0 Å². The van der Waals surface area contributed by atoms with E-state index in [1.165, 1.54) is 19.3 Å². The van der Waals surface area contributed by atoms with E-state index in [1.807, 2.05) is 7.05 Å². The van der Waals surface area contributed by atoms with Crippen molar-refractivity contribution < 1.29 is 0 Å². The standard InChI is InChI=1S/C14H29N3/c1-10-9-12(10)17-13(15-6)16-11(2)7-8-14(3,4)5/h10-12H,7-9H2,1-6H3,(H2,15,16,17). The lowest BCUT2D eigenvalue weighted by Crippen LogP contribution is -2.43. The van der Waals surface area contributed by atoms with E-state index in [0.717, 1.165) is 11.9 Å². The number of nitrogens with one attached hydrogen (secondary N) is 2. The molecule has 3 nitrogen and oxygen atoms in total. The topological polar surface area (TPSA) is 36.4 Å². The van der Waals surface area contributed by atoms with Crippen LogP contribution in [-0.2, 0) is 0 Å². The minimum Gasteiger partial charge on any atom is -0.354 e. The zero-order valence-corrected chi connectivity index (χ0v) is 12.3. The first kappa shape index (κ1) is 14.3. The quantitative estimate of drug-likeness (QED) is 0.584. The third-order valence-electron chi connectivity index (χ3n) is 3.37. The van der Waals surface area contributed by atoms with E-state index in [-0.39, 0.29) is 0 Å². The van der Waals surface area contributed by atoms with E-state index in [4.69, 9.17) is 0 Å². The van der Waals surface area contributed by atoms with E-state index in [9.17, 15) is 0 Å². The summed E-state index contributed by atoms with van der Waals surface area (Å²) in [5.74, 6) is 1.76. The van der Waals surface area contributed by atoms with Crippen molar-refractivity contribution in [2.24, 2.45) is 16.3 Å². The van der Waals surface area contributed by atoms with Gasteiger partial charge in [-0.05, 0) is 37.5 Å². The van der Waals surface area contributed by atoms with E-state index < -0.39 is 0 Å². The number of aliphatic imine (C=N–C) groups is 1. The lowest BCUT2D eigenvalue weighted by molar-refractivity contribution is 0.346. The summed E-state index contributed by atoms with van der Waals surface area (Å²) in [5.41, 5.74) is 0.415. The molecule has 1 saturated carbocycles. The first-order valence-corrected chi connectivity index (χ1v) is 6.81. The lowest BCUT2D eigenvalue weighted by Gasteiger charge is -2.23.